The fourth-order valence-corrected chi connectivity index (χ4v) is 4.54. The zero-order valence-electron chi connectivity index (χ0n) is 21.4. The largest absolute Gasteiger partial charge is 0.496 e. The smallest absolute Gasteiger partial charge is 0.423 e. The summed E-state index contributed by atoms with van der Waals surface area (Å²) in [5.41, 5.74) is -0.112. The molecule has 0 aliphatic carbocycles. The van der Waals surface area contributed by atoms with E-state index in [4.69, 9.17) is 9.47 Å². The summed E-state index contributed by atoms with van der Waals surface area (Å²) in [7, 11) is 3.50. The van der Waals surface area contributed by atoms with Gasteiger partial charge in [-0.15, -0.1) is 0 Å². The number of hydrogen-bond donors (Lipinski definition) is 2. The molecule has 3 aliphatic heterocycles. The molecular weight excluding hydrogens is 503 g/mol. The zero-order chi connectivity index (χ0) is 27.3. The molecule has 206 valence electrons. The number of nitrogens with one attached hydrogen (secondary N) is 2. The van der Waals surface area contributed by atoms with Gasteiger partial charge in [0.2, 0.25) is 11.8 Å². The molecule has 3 heterocycles. The van der Waals surface area contributed by atoms with E-state index in [9.17, 15) is 22.8 Å². The van der Waals surface area contributed by atoms with Crippen molar-refractivity contribution < 1.29 is 32.2 Å². The summed E-state index contributed by atoms with van der Waals surface area (Å²) in [5.74, 6) is -0.263. The molecular formula is C26H32F3N5O4. The number of aliphatic imine (C=N–C) groups is 1. The number of ether oxygens (including phenoxy) is 2. The highest BCUT2D eigenvalue weighted by Crippen LogP contribution is 2.30. The Balaban J connectivity index is 1.45. The van der Waals surface area contributed by atoms with Crippen LogP contribution in [0.3, 0.4) is 0 Å². The van der Waals surface area contributed by atoms with Gasteiger partial charge in [0.15, 0.2) is 0 Å². The molecule has 2 saturated heterocycles. The minimum absolute atomic E-state index is 0.0343. The van der Waals surface area contributed by atoms with Crippen molar-refractivity contribution in [3.63, 3.8) is 0 Å². The van der Waals surface area contributed by atoms with Crippen LogP contribution in [-0.4, -0.2) is 87.0 Å². The van der Waals surface area contributed by atoms with E-state index >= 15 is 0 Å². The molecule has 2 fully saturated rings. The predicted octanol–water partition coefficient (Wildman–Crippen LogP) is 2.90. The average molecular weight is 536 g/mol. The molecule has 12 heteroatoms. The third-order valence-electron chi connectivity index (χ3n) is 6.75. The van der Waals surface area contributed by atoms with Crippen molar-refractivity contribution in [1.29, 1.82) is 0 Å². The Morgan fingerprint density at radius 2 is 2.03 bits per heavy atom. The Morgan fingerprint density at radius 1 is 1.26 bits per heavy atom. The zero-order valence-corrected chi connectivity index (χ0v) is 21.4. The number of piperidine rings is 1. The van der Waals surface area contributed by atoms with Gasteiger partial charge in [0.1, 0.15) is 23.8 Å². The lowest BCUT2D eigenvalue weighted by Gasteiger charge is -2.29. The molecule has 1 aromatic rings. The molecule has 9 nitrogen and oxygen atoms in total. The number of hydrogen-bond acceptors (Lipinski definition) is 7. The maximum Gasteiger partial charge on any atom is 0.423 e. The van der Waals surface area contributed by atoms with E-state index in [0.29, 0.717) is 36.1 Å². The lowest BCUT2D eigenvalue weighted by Crippen LogP contribution is -2.43. The summed E-state index contributed by atoms with van der Waals surface area (Å²) in [4.78, 5) is 32.2. The summed E-state index contributed by atoms with van der Waals surface area (Å²) in [5, 5.41) is 5.65. The lowest BCUT2D eigenvalue weighted by molar-refractivity contribution is -0.128. The monoisotopic (exact) mass is 535 g/mol. The van der Waals surface area contributed by atoms with Gasteiger partial charge >= 0.3 is 6.18 Å². The number of methoxy groups -OCH3 is 1. The second-order valence-electron chi connectivity index (χ2n) is 9.49. The minimum Gasteiger partial charge on any atom is -0.496 e. The molecule has 0 atom stereocenters. The number of halogens is 3. The molecule has 0 aromatic heterocycles. The lowest BCUT2D eigenvalue weighted by atomic mass is 10.0. The second kappa shape index (κ2) is 11.9. The Bertz CT molecular complexity index is 1140. The maximum absolute atomic E-state index is 13.5. The molecule has 38 heavy (non-hydrogen) atoms. The highest BCUT2D eigenvalue weighted by molar-refractivity contribution is 5.95. The van der Waals surface area contributed by atoms with Gasteiger partial charge in [-0.3, -0.25) is 9.59 Å². The van der Waals surface area contributed by atoms with Gasteiger partial charge in [-0.2, -0.15) is 13.2 Å². The standard InChI is InChI=1S/C26H32F3N5O4/c1-33-10-7-19(8-11-33)31-24(36)18-6-5-17(21(14-18)37-2)15-22-30-16-20(26(27,28)29)25(32-22)38-13-12-34-9-3-4-23(34)35/h5-6,14-16,19,32H,3-4,7-13H2,1-2H3,(H,31,36). The molecule has 0 saturated carbocycles. The highest BCUT2D eigenvalue weighted by atomic mass is 19.4. The van der Waals surface area contributed by atoms with Crippen LogP contribution < -0.4 is 15.4 Å². The third-order valence-corrected chi connectivity index (χ3v) is 6.75. The number of allylic oxidation sites excluding steroid dienone is 1. The highest BCUT2D eigenvalue weighted by Gasteiger charge is 2.38. The predicted molar refractivity (Wildman–Crippen MR) is 135 cm³/mol. The molecule has 2 amide bonds. The second-order valence-corrected chi connectivity index (χ2v) is 9.49. The number of nitrogens with zero attached hydrogens (tertiary/aromatic N) is 3. The minimum atomic E-state index is -4.68. The van der Waals surface area contributed by atoms with Crippen LogP contribution in [-0.2, 0) is 9.53 Å². The molecule has 1 aromatic carbocycles. The first-order valence-corrected chi connectivity index (χ1v) is 12.6. The van der Waals surface area contributed by atoms with Gasteiger partial charge < -0.3 is 29.9 Å². The normalized spacial score (nSPS) is 20.2. The van der Waals surface area contributed by atoms with Crippen molar-refractivity contribution in [2.24, 2.45) is 4.99 Å². The summed E-state index contributed by atoms with van der Waals surface area (Å²) >= 11 is 0. The summed E-state index contributed by atoms with van der Waals surface area (Å²) in [6.07, 6.45) is 0.450. The van der Waals surface area contributed by atoms with E-state index in [1.54, 1.807) is 23.1 Å². The fourth-order valence-electron chi connectivity index (χ4n) is 4.54. The number of likely N-dealkylation sites (tertiary alicyclic amines) is 2. The van der Waals surface area contributed by atoms with Gasteiger partial charge in [-0.05, 0) is 57.6 Å². The molecule has 2 N–H and O–H groups in total. The summed E-state index contributed by atoms with van der Waals surface area (Å²) < 4.78 is 51.5. The SMILES string of the molecule is COc1cc(C(=O)NC2CCN(C)CC2)ccc1C=C1N=CC(C(F)(F)F)=C(OCCN2CCCC2=O)N1. The van der Waals surface area contributed by atoms with Crippen LogP contribution in [0.15, 0.2) is 40.5 Å². The molecule has 0 unspecified atom stereocenters. The third kappa shape index (κ3) is 6.85. The summed E-state index contributed by atoms with van der Waals surface area (Å²) in [6, 6.07) is 4.97. The molecule has 0 bridgehead atoms. The topological polar surface area (TPSA) is 95.5 Å². The van der Waals surface area contributed by atoms with Crippen molar-refractivity contribution in [2.75, 3.05) is 46.9 Å². The Labute approximate surface area is 219 Å². The molecule has 0 spiro atoms. The van der Waals surface area contributed by atoms with Crippen molar-refractivity contribution in [3.05, 3.63) is 46.6 Å². The van der Waals surface area contributed by atoms with Crippen LogP contribution in [0.1, 0.15) is 41.6 Å². The first-order valence-electron chi connectivity index (χ1n) is 12.6. The van der Waals surface area contributed by atoms with E-state index in [1.165, 1.54) is 13.2 Å². The van der Waals surface area contributed by atoms with E-state index in [2.05, 4.69) is 20.5 Å². The molecule has 0 radical (unpaired) electrons. The number of alkyl halides is 3. The van der Waals surface area contributed by atoms with Crippen molar-refractivity contribution in [3.8, 4) is 5.75 Å². The molecule has 4 rings (SSSR count). The van der Waals surface area contributed by atoms with Gasteiger partial charge in [-0.1, -0.05) is 6.07 Å². The Morgan fingerprint density at radius 3 is 2.68 bits per heavy atom. The van der Waals surface area contributed by atoms with Crippen molar-refractivity contribution in [2.45, 2.75) is 37.9 Å². The van der Waals surface area contributed by atoms with E-state index in [-0.39, 0.29) is 36.8 Å². The average Bonchev–Trinajstić information content (AvgIpc) is 3.29. The quantitative estimate of drug-likeness (QED) is 0.532. The van der Waals surface area contributed by atoms with Crippen LogP contribution in [0.2, 0.25) is 0 Å². The Hall–Kier alpha value is -3.54. The van der Waals surface area contributed by atoms with Gasteiger partial charge in [-0.25, -0.2) is 4.99 Å². The van der Waals surface area contributed by atoms with Gasteiger partial charge in [0, 0.05) is 36.3 Å². The van der Waals surface area contributed by atoms with Crippen LogP contribution in [0.25, 0.3) is 6.08 Å². The number of amides is 2. The van der Waals surface area contributed by atoms with Crippen LogP contribution in [0.5, 0.6) is 5.75 Å². The number of rotatable bonds is 8. The fraction of sp³-hybridized carbons (Fsp3) is 0.500. The van der Waals surface area contributed by atoms with Crippen molar-refractivity contribution >= 4 is 24.1 Å². The number of carbonyl (C=O) groups is 2. The van der Waals surface area contributed by atoms with Gasteiger partial charge in [0.25, 0.3) is 5.91 Å². The number of benzene rings is 1. The maximum atomic E-state index is 13.5. The first kappa shape index (κ1) is 27.5. The number of carbonyl (C=O) groups excluding carboxylic acids is 2. The van der Waals surface area contributed by atoms with Crippen LogP contribution >= 0.6 is 0 Å². The first-order chi connectivity index (χ1) is 18.1. The van der Waals surface area contributed by atoms with Crippen LogP contribution in [0, 0.1) is 0 Å². The Kier molecular flexibility index (Phi) is 8.60. The van der Waals surface area contributed by atoms with E-state index in [0.717, 1.165) is 32.4 Å². The van der Waals surface area contributed by atoms with E-state index < -0.39 is 17.6 Å². The summed E-state index contributed by atoms with van der Waals surface area (Å²) in [6.45, 7) is 2.50. The molecule has 3 aliphatic rings. The van der Waals surface area contributed by atoms with Crippen LogP contribution in [0.4, 0.5) is 13.2 Å². The van der Waals surface area contributed by atoms with E-state index in [1.807, 2.05) is 7.05 Å². The van der Waals surface area contributed by atoms with Crippen molar-refractivity contribution in [1.82, 2.24) is 20.4 Å². The van der Waals surface area contributed by atoms with Gasteiger partial charge in [0.05, 0.1) is 13.7 Å².